The molecule has 1 atom stereocenters. The van der Waals surface area contributed by atoms with Crippen LogP contribution in [0.2, 0.25) is 0 Å². The Morgan fingerprint density at radius 1 is 1.27 bits per heavy atom. The number of carbonyl (C=O) groups excluding carboxylic acids is 1. The average molecular weight is 300 g/mol. The molecule has 4 rings (SSSR count). The lowest BCUT2D eigenvalue weighted by molar-refractivity contribution is -0.148. The molecule has 2 N–H and O–H groups in total. The zero-order valence-electron chi connectivity index (χ0n) is 13.0. The molecule has 1 aliphatic carbocycles. The van der Waals surface area contributed by atoms with Crippen LogP contribution in [0.4, 0.5) is 5.82 Å². The van der Waals surface area contributed by atoms with E-state index >= 15 is 0 Å². The normalized spacial score (nSPS) is 29.5. The van der Waals surface area contributed by atoms with E-state index in [0.717, 1.165) is 50.9 Å². The van der Waals surface area contributed by atoms with Gasteiger partial charge >= 0.3 is 0 Å². The van der Waals surface area contributed by atoms with Crippen molar-refractivity contribution >= 4 is 11.7 Å². The molecule has 2 saturated heterocycles. The van der Waals surface area contributed by atoms with Crippen molar-refractivity contribution in [1.29, 1.82) is 0 Å². The molecular weight excluding hydrogens is 276 g/mol. The fraction of sp³-hybridized carbons (Fsp3) is 0.647. The molecule has 0 bridgehead atoms. The van der Waals surface area contributed by atoms with Gasteiger partial charge in [-0.1, -0.05) is 6.07 Å². The van der Waals surface area contributed by atoms with Crippen LogP contribution in [0.5, 0.6) is 0 Å². The van der Waals surface area contributed by atoms with E-state index in [0.29, 0.717) is 17.8 Å². The number of amides is 1. The molecule has 1 amide bonds. The fourth-order valence-corrected chi connectivity index (χ4v) is 4.23. The summed E-state index contributed by atoms with van der Waals surface area (Å²) in [6.45, 7) is 2.68. The molecule has 1 spiro atoms. The minimum absolute atomic E-state index is 0.275. The van der Waals surface area contributed by atoms with Gasteiger partial charge in [-0.15, -0.1) is 0 Å². The SMILES string of the molecule is Nc1ncccc1CN1CCCC12CCCN(C1CC1)C2=O. The molecular formula is C17H24N4O. The molecule has 1 saturated carbocycles. The Bertz CT molecular complexity index is 586. The Morgan fingerprint density at radius 2 is 2.05 bits per heavy atom. The van der Waals surface area contributed by atoms with Gasteiger partial charge in [0.2, 0.25) is 5.91 Å². The molecule has 118 valence electrons. The number of hydrogen-bond acceptors (Lipinski definition) is 4. The standard InChI is InChI=1S/C17H24N4O/c18-15-13(4-1-9-19-15)12-20-10-2-7-17(20)8-3-11-21(16(17)22)14-5-6-14/h1,4,9,14H,2-3,5-8,10-12H2,(H2,18,19). The van der Waals surface area contributed by atoms with Crippen molar-refractivity contribution in [2.75, 3.05) is 18.8 Å². The van der Waals surface area contributed by atoms with Gasteiger partial charge in [-0.2, -0.15) is 0 Å². The molecule has 5 nitrogen and oxygen atoms in total. The van der Waals surface area contributed by atoms with E-state index in [4.69, 9.17) is 5.73 Å². The lowest BCUT2D eigenvalue weighted by Crippen LogP contribution is -2.60. The van der Waals surface area contributed by atoms with E-state index in [1.165, 1.54) is 12.8 Å². The second-order valence-electron chi connectivity index (χ2n) is 6.94. The van der Waals surface area contributed by atoms with Crippen molar-refractivity contribution in [2.24, 2.45) is 0 Å². The summed E-state index contributed by atoms with van der Waals surface area (Å²) in [7, 11) is 0. The number of likely N-dealkylation sites (tertiary alicyclic amines) is 2. The van der Waals surface area contributed by atoms with E-state index in [1.807, 2.05) is 12.1 Å². The first-order valence-corrected chi connectivity index (χ1v) is 8.46. The number of pyridine rings is 1. The molecule has 22 heavy (non-hydrogen) atoms. The van der Waals surface area contributed by atoms with Crippen LogP contribution in [-0.4, -0.2) is 45.4 Å². The van der Waals surface area contributed by atoms with Gasteiger partial charge in [-0.25, -0.2) is 4.98 Å². The van der Waals surface area contributed by atoms with Crippen molar-refractivity contribution in [1.82, 2.24) is 14.8 Å². The number of nitrogens with zero attached hydrogens (tertiary/aromatic N) is 3. The van der Waals surface area contributed by atoms with Crippen molar-refractivity contribution in [3.05, 3.63) is 23.9 Å². The summed E-state index contributed by atoms with van der Waals surface area (Å²) in [6.07, 6.45) is 8.32. The second kappa shape index (κ2) is 5.23. The highest BCUT2D eigenvalue weighted by atomic mass is 16.2. The Morgan fingerprint density at radius 3 is 2.77 bits per heavy atom. The highest BCUT2D eigenvalue weighted by Gasteiger charge is 2.52. The third kappa shape index (κ3) is 2.19. The fourth-order valence-electron chi connectivity index (χ4n) is 4.23. The van der Waals surface area contributed by atoms with E-state index in [2.05, 4.69) is 14.8 Å². The number of piperidine rings is 1. The van der Waals surface area contributed by atoms with Crippen LogP contribution in [-0.2, 0) is 11.3 Å². The monoisotopic (exact) mass is 300 g/mol. The predicted octanol–water partition coefficient (Wildman–Crippen LogP) is 1.78. The molecule has 3 aliphatic rings. The maximum absolute atomic E-state index is 13.2. The first-order chi connectivity index (χ1) is 10.7. The maximum atomic E-state index is 13.2. The number of rotatable bonds is 3. The summed E-state index contributed by atoms with van der Waals surface area (Å²) in [5.74, 6) is 0.966. The van der Waals surface area contributed by atoms with Crippen molar-refractivity contribution in [3.63, 3.8) is 0 Å². The molecule has 1 aromatic heterocycles. The summed E-state index contributed by atoms with van der Waals surface area (Å²) in [5.41, 5.74) is 6.77. The largest absolute Gasteiger partial charge is 0.383 e. The molecule has 1 aromatic rings. The van der Waals surface area contributed by atoms with Crippen LogP contribution in [0.15, 0.2) is 18.3 Å². The molecule has 5 heteroatoms. The van der Waals surface area contributed by atoms with Gasteiger partial charge in [-0.05, 0) is 51.1 Å². The van der Waals surface area contributed by atoms with Crippen LogP contribution < -0.4 is 5.73 Å². The van der Waals surface area contributed by atoms with Crippen LogP contribution in [0.1, 0.15) is 44.1 Å². The van der Waals surface area contributed by atoms with Crippen molar-refractivity contribution in [3.8, 4) is 0 Å². The number of aromatic nitrogens is 1. The highest BCUT2D eigenvalue weighted by molar-refractivity contribution is 5.88. The number of nitrogens with two attached hydrogens (primary N) is 1. The lowest BCUT2D eigenvalue weighted by atomic mass is 9.85. The number of carbonyl (C=O) groups is 1. The van der Waals surface area contributed by atoms with Crippen LogP contribution in [0.25, 0.3) is 0 Å². The van der Waals surface area contributed by atoms with E-state index in [1.54, 1.807) is 6.20 Å². The predicted molar refractivity (Wildman–Crippen MR) is 85.0 cm³/mol. The Kier molecular flexibility index (Phi) is 3.33. The first-order valence-electron chi connectivity index (χ1n) is 8.46. The molecule has 1 unspecified atom stereocenters. The van der Waals surface area contributed by atoms with Gasteiger partial charge in [0, 0.05) is 30.9 Å². The maximum Gasteiger partial charge on any atom is 0.243 e. The Labute approximate surface area is 131 Å². The number of hydrogen-bond donors (Lipinski definition) is 1. The molecule has 3 heterocycles. The third-order valence-corrected chi connectivity index (χ3v) is 5.55. The molecule has 2 aliphatic heterocycles. The summed E-state index contributed by atoms with van der Waals surface area (Å²) in [4.78, 5) is 21.9. The van der Waals surface area contributed by atoms with Gasteiger partial charge in [0.1, 0.15) is 11.4 Å². The zero-order valence-corrected chi connectivity index (χ0v) is 13.0. The topological polar surface area (TPSA) is 62.5 Å². The second-order valence-corrected chi connectivity index (χ2v) is 6.94. The minimum Gasteiger partial charge on any atom is -0.383 e. The molecule has 0 radical (unpaired) electrons. The van der Waals surface area contributed by atoms with Crippen molar-refractivity contribution in [2.45, 2.75) is 56.7 Å². The average Bonchev–Trinajstić information content (AvgIpc) is 3.28. The quantitative estimate of drug-likeness (QED) is 0.924. The number of anilines is 1. The summed E-state index contributed by atoms with van der Waals surface area (Å²) < 4.78 is 0. The van der Waals surface area contributed by atoms with E-state index < -0.39 is 0 Å². The highest BCUT2D eigenvalue weighted by Crippen LogP contribution is 2.42. The van der Waals surface area contributed by atoms with Crippen LogP contribution in [0, 0.1) is 0 Å². The number of nitrogen functional groups attached to an aromatic ring is 1. The summed E-state index contributed by atoms with van der Waals surface area (Å²) in [6, 6.07) is 4.48. The smallest absolute Gasteiger partial charge is 0.243 e. The Balaban J connectivity index is 1.59. The van der Waals surface area contributed by atoms with Gasteiger partial charge in [0.05, 0.1) is 0 Å². The first kappa shape index (κ1) is 14.0. The third-order valence-electron chi connectivity index (χ3n) is 5.55. The van der Waals surface area contributed by atoms with Gasteiger partial charge in [-0.3, -0.25) is 9.69 Å². The molecule has 0 aromatic carbocycles. The summed E-state index contributed by atoms with van der Waals surface area (Å²) in [5, 5.41) is 0. The summed E-state index contributed by atoms with van der Waals surface area (Å²) >= 11 is 0. The molecule has 3 fully saturated rings. The van der Waals surface area contributed by atoms with E-state index in [9.17, 15) is 4.79 Å². The van der Waals surface area contributed by atoms with E-state index in [-0.39, 0.29) is 5.54 Å². The zero-order chi connectivity index (χ0) is 15.2. The van der Waals surface area contributed by atoms with Crippen LogP contribution in [0.3, 0.4) is 0 Å². The Hall–Kier alpha value is -1.62. The minimum atomic E-state index is -0.275. The van der Waals surface area contributed by atoms with Gasteiger partial charge in [0.15, 0.2) is 0 Å². The van der Waals surface area contributed by atoms with Gasteiger partial charge < -0.3 is 10.6 Å². The lowest BCUT2D eigenvalue weighted by Gasteiger charge is -2.45. The van der Waals surface area contributed by atoms with Crippen LogP contribution >= 0.6 is 0 Å². The van der Waals surface area contributed by atoms with Crippen molar-refractivity contribution < 1.29 is 4.79 Å². The van der Waals surface area contributed by atoms with Gasteiger partial charge in [0.25, 0.3) is 0 Å².